The number of alkyl halides is 3. The molecular weight excluding hydrogens is 427 g/mol. The second-order valence-corrected chi connectivity index (χ2v) is 8.60. The molecule has 0 unspecified atom stereocenters. The quantitative estimate of drug-likeness (QED) is 0.507. The Morgan fingerprint density at radius 2 is 1.97 bits per heavy atom. The summed E-state index contributed by atoms with van der Waals surface area (Å²) in [5.41, 5.74) is 1.63. The first-order chi connectivity index (χ1) is 14.8. The van der Waals surface area contributed by atoms with E-state index in [-0.39, 0.29) is 12.3 Å². The molecule has 4 nitrogen and oxygen atoms in total. The van der Waals surface area contributed by atoms with Gasteiger partial charge in [0.2, 0.25) is 0 Å². The van der Waals surface area contributed by atoms with Crippen LogP contribution in [0.25, 0.3) is 10.6 Å². The Balaban J connectivity index is 1.49. The van der Waals surface area contributed by atoms with Crippen LogP contribution in [0.3, 0.4) is 0 Å². The molecular formula is C23H20F3NO3S. The molecule has 31 heavy (non-hydrogen) atoms. The lowest BCUT2D eigenvalue weighted by Gasteiger charge is -2.21. The number of thiazole rings is 1. The average Bonchev–Trinajstić information content (AvgIpc) is 3.16. The van der Waals surface area contributed by atoms with Crippen molar-refractivity contribution in [3.05, 3.63) is 70.2 Å². The van der Waals surface area contributed by atoms with Crippen molar-refractivity contribution in [3.8, 4) is 16.3 Å². The SMILES string of the molecule is O=C(O)Cc1cccc(OC[C@H]2CCCc3sc(-c4ccc(C(F)(F)F)cc4)nc32)c1. The molecule has 4 rings (SSSR count). The molecule has 1 aliphatic carbocycles. The fraction of sp³-hybridized carbons (Fsp3) is 0.304. The van der Waals surface area contributed by atoms with E-state index >= 15 is 0 Å². The smallest absolute Gasteiger partial charge is 0.416 e. The second-order valence-electron chi connectivity index (χ2n) is 7.52. The van der Waals surface area contributed by atoms with E-state index in [1.165, 1.54) is 23.5 Å². The minimum atomic E-state index is -4.36. The monoisotopic (exact) mass is 447 g/mol. The number of aromatic nitrogens is 1. The van der Waals surface area contributed by atoms with Gasteiger partial charge in [-0.2, -0.15) is 13.2 Å². The van der Waals surface area contributed by atoms with Crippen LogP contribution in [0.15, 0.2) is 48.5 Å². The maximum Gasteiger partial charge on any atom is 0.416 e. The number of fused-ring (bicyclic) bond motifs is 1. The largest absolute Gasteiger partial charge is 0.493 e. The number of carboxylic acids is 1. The number of hydrogen-bond donors (Lipinski definition) is 1. The third-order valence-electron chi connectivity index (χ3n) is 5.23. The molecule has 1 aromatic heterocycles. The van der Waals surface area contributed by atoms with Crippen molar-refractivity contribution in [2.45, 2.75) is 37.8 Å². The molecule has 0 saturated heterocycles. The standard InChI is InChI=1S/C23H20F3NO3S/c24-23(25,26)17-9-7-15(8-10-17)22-27-21-16(4-2-6-19(21)31-22)13-30-18-5-1-3-14(11-18)12-20(28)29/h1,3,5,7-11,16H,2,4,6,12-13H2,(H,28,29)/t16-/m1/s1. The number of nitrogens with zero attached hydrogens (tertiary/aromatic N) is 1. The fourth-order valence-electron chi connectivity index (χ4n) is 3.71. The predicted molar refractivity (Wildman–Crippen MR) is 112 cm³/mol. The van der Waals surface area contributed by atoms with E-state index in [2.05, 4.69) is 0 Å². The summed E-state index contributed by atoms with van der Waals surface area (Å²) in [6.45, 7) is 0.416. The number of carboxylic acid groups (broad SMARTS) is 1. The van der Waals surface area contributed by atoms with E-state index in [4.69, 9.17) is 14.8 Å². The highest BCUT2D eigenvalue weighted by molar-refractivity contribution is 7.15. The molecule has 0 radical (unpaired) electrons. The molecule has 0 amide bonds. The van der Waals surface area contributed by atoms with Gasteiger partial charge in [-0.3, -0.25) is 4.79 Å². The molecule has 8 heteroatoms. The van der Waals surface area contributed by atoms with Crippen molar-refractivity contribution in [1.29, 1.82) is 0 Å². The Bertz CT molecular complexity index is 1080. The Hall–Kier alpha value is -2.87. The van der Waals surface area contributed by atoms with Gasteiger partial charge < -0.3 is 9.84 Å². The Morgan fingerprint density at radius 1 is 1.19 bits per heavy atom. The summed E-state index contributed by atoms with van der Waals surface area (Å²) < 4.78 is 44.4. The third-order valence-corrected chi connectivity index (χ3v) is 6.41. The van der Waals surface area contributed by atoms with Gasteiger partial charge in [-0.05, 0) is 49.1 Å². The molecule has 162 valence electrons. The molecule has 2 aromatic carbocycles. The number of aliphatic carboxylic acids is 1. The molecule has 0 fully saturated rings. The Labute approximate surface area is 181 Å². The van der Waals surface area contributed by atoms with Crippen molar-refractivity contribution in [3.63, 3.8) is 0 Å². The van der Waals surface area contributed by atoms with Crippen LogP contribution in [0.5, 0.6) is 5.75 Å². The highest BCUT2D eigenvalue weighted by atomic mass is 32.1. The van der Waals surface area contributed by atoms with Crippen LogP contribution in [-0.4, -0.2) is 22.7 Å². The van der Waals surface area contributed by atoms with E-state index in [1.807, 2.05) is 0 Å². The van der Waals surface area contributed by atoms with Gasteiger partial charge in [-0.1, -0.05) is 24.3 Å². The summed E-state index contributed by atoms with van der Waals surface area (Å²) >= 11 is 1.52. The van der Waals surface area contributed by atoms with Crippen LogP contribution < -0.4 is 4.74 Å². The maximum absolute atomic E-state index is 12.8. The number of halogens is 3. The first kappa shape index (κ1) is 21.4. The number of ether oxygens (including phenoxy) is 1. The maximum atomic E-state index is 12.8. The summed E-state index contributed by atoms with van der Waals surface area (Å²) in [5.74, 6) is -0.192. The van der Waals surface area contributed by atoms with Gasteiger partial charge in [-0.15, -0.1) is 11.3 Å². The van der Waals surface area contributed by atoms with Gasteiger partial charge >= 0.3 is 12.1 Å². The summed E-state index contributed by atoms with van der Waals surface area (Å²) in [4.78, 5) is 16.8. The molecule has 1 N–H and O–H groups in total. The van der Waals surface area contributed by atoms with E-state index in [9.17, 15) is 18.0 Å². The fourth-order valence-corrected chi connectivity index (χ4v) is 4.91. The number of aryl methyl sites for hydroxylation is 1. The zero-order valence-corrected chi connectivity index (χ0v) is 17.3. The van der Waals surface area contributed by atoms with Crippen LogP contribution in [0, 0.1) is 0 Å². The number of carbonyl (C=O) groups is 1. The molecule has 1 aliphatic rings. The zero-order valence-electron chi connectivity index (χ0n) is 16.5. The van der Waals surface area contributed by atoms with Gasteiger partial charge in [0.05, 0.1) is 24.3 Å². The molecule has 0 saturated carbocycles. The molecule has 1 heterocycles. The summed E-state index contributed by atoms with van der Waals surface area (Å²) in [6, 6.07) is 12.1. The van der Waals surface area contributed by atoms with E-state index in [0.717, 1.165) is 42.0 Å². The van der Waals surface area contributed by atoms with Gasteiger partial charge in [0.15, 0.2) is 0 Å². The third kappa shape index (κ3) is 5.07. The highest BCUT2D eigenvalue weighted by Gasteiger charge is 2.30. The highest BCUT2D eigenvalue weighted by Crippen LogP contribution is 2.39. The van der Waals surface area contributed by atoms with Crippen LogP contribution >= 0.6 is 11.3 Å². The van der Waals surface area contributed by atoms with Crippen molar-refractivity contribution in [1.82, 2.24) is 4.98 Å². The molecule has 1 atom stereocenters. The normalized spacial score (nSPS) is 16.0. The predicted octanol–water partition coefficient (Wildman–Crippen LogP) is 5.95. The van der Waals surface area contributed by atoms with Gasteiger partial charge in [0.25, 0.3) is 0 Å². The summed E-state index contributed by atoms with van der Waals surface area (Å²) in [7, 11) is 0. The first-order valence-corrected chi connectivity index (χ1v) is 10.7. The Morgan fingerprint density at radius 3 is 2.68 bits per heavy atom. The van der Waals surface area contributed by atoms with E-state index in [1.54, 1.807) is 24.3 Å². The van der Waals surface area contributed by atoms with Crippen molar-refractivity contribution in [2.24, 2.45) is 0 Å². The van der Waals surface area contributed by atoms with Gasteiger partial charge in [0.1, 0.15) is 10.8 Å². The molecule has 0 aliphatic heterocycles. The van der Waals surface area contributed by atoms with Gasteiger partial charge in [0, 0.05) is 16.4 Å². The minimum absolute atomic E-state index is 0.0622. The lowest BCUT2D eigenvalue weighted by molar-refractivity contribution is -0.138. The van der Waals surface area contributed by atoms with Crippen LogP contribution in [0.2, 0.25) is 0 Å². The van der Waals surface area contributed by atoms with Crippen LogP contribution in [0.1, 0.15) is 40.5 Å². The minimum Gasteiger partial charge on any atom is -0.493 e. The average molecular weight is 447 g/mol. The molecule has 0 bridgehead atoms. The van der Waals surface area contributed by atoms with Gasteiger partial charge in [-0.25, -0.2) is 4.98 Å². The van der Waals surface area contributed by atoms with E-state index in [0.29, 0.717) is 28.5 Å². The number of hydrogen-bond acceptors (Lipinski definition) is 4. The number of rotatable bonds is 6. The zero-order chi connectivity index (χ0) is 22.0. The molecule has 0 spiro atoms. The van der Waals surface area contributed by atoms with Crippen LogP contribution in [-0.2, 0) is 23.8 Å². The lowest BCUT2D eigenvalue weighted by Crippen LogP contribution is -2.16. The lowest BCUT2D eigenvalue weighted by atomic mass is 9.92. The molecule has 3 aromatic rings. The van der Waals surface area contributed by atoms with Crippen molar-refractivity contribution < 1.29 is 27.8 Å². The summed E-state index contributed by atoms with van der Waals surface area (Å²) in [6.07, 6.45) is -1.61. The van der Waals surface area contributed by atoms with Crippen LogP contribution in [0.4, 0.5) is 13.2 Å². The summed E-state index contributed by atoms with van der Waals surface area (Å²) in [5, 5.41) is 9.67. The van der Waals surface area contributed by atoms with Crippen molar-refractivity contribution >= 4 is 17.3 Å². The second kappa shape index (κ2) is 8.70. The first-order valence-electron chi connectivity index (χ1n) is 9.90. The topological polar surface area (TPSA) is 59.4 Å². The number of benzene rings is 2. The van der Waals surface area contributed by atoms with E-state index < -0.39 is 17.7 Å². The van der Waals surface area contributed by atoms with Crippen molar-refractivity contribution in [2.75, 3.05) is 6.61 Å². The Kier molecular flexibility index (Phi) is 6.00.